The number of hydrogen-bond donors (Lipinski definition) is 0. The first-order chi connectivity index (χ1) is 20.5. The van der Waals surface area contributed by atoms with Crippen LogP contribution in [0.2, 0.25) is 0 Å². The van der Waals surface area contributed by atoms with Crippen LogP contribution < -0.4 is 0 Å². The first-order valence-corrected chi connectivity index (χ1v) is 15.4. The van der Waals surface area contributed by atoms with Crippen molar-refractivity contribution >= 4 is 22.9 Å². The molecule has 8 heteroatoms. The maximum atomic E-state index is 13.1. The van der Waals surface area contributed by atoms with Gasteiger partial charge in [-0.2, -0.15) is 5.26 Å². The number of rotatable bonds is 4. The van der Waals surface area contributed by atoms with Gasteiger partial charge in [-0.05, 0) is 88.4 Å². The fourth-order valence-electron chi connectivity index (χ4n) is 5.84. The van der Waals surface area contributed by atoms with Crippen molar-refractivity contribution in [3.8, 4) is 6.07 Å². The van der Waals surface area contributed by atoms with Gasteiger partial charge in [-0.25, -0.2) is 4.79 Å². The highest BCUT2D eigenvalue weighted by atomic mass is 16.6. The van der Waals surface area contributed by atoms with E-state index < -0.39 is 5.60 Å². The van der Waals surface area contributed by atoms with Gasteiger partial charge in [-0.15, -0.1) is 0 Å². The van der Waals surface area contributed by atoms with Gasteiger partial charge in [0.2, 0.25) is 0 Å². The monoisotopic (exact) mass is 583 g/mol. The molecule has 3 heterocycles. The van der Waals surface area contributed by atoms with E-state index in [1.807, 2.05) is 62.9 Å². The quantitative estimate of drug-likeness (QED) is 0.333. The van der Waals surface area contributed by atoms with Crippen molar-refractivity contribution in [1.29, 1.82) is 5.26 Å². The van der Waals surface area contributed by atoms with Crippen molar-refractivity contribution in [3.05, 3.63) is 76.5 Å². The van der Waals surface area contributed by atoms with E-state index in [9.17, 15) is 9.59 Å². The molecule has 8 nitrogen and oxygen atoms in total. The number of carbonyl (C=O) groups excluding carboxylic acids is 2. The van der Waals surface area contributed by atoms with Crippen molar-refractivity contribution in [2.75, 3.05) is 26.2 Å². The summed E-state index contributed by atoms with van der Waals surface area (Å²) in [7, 11) is 0. The van der Waals surface area contributed by atoms with Crippen molar-refractivity contribution in [3.63, 3.8) is 0 Å². The first kappa shape index (κ1) is 32.0. The van der Waals surface area contributed by atoms with Crippen molar-refractivity contribution in [1.82, 2.24) is 19.7 Å². The molecule has 1 aromatic heterocycles. The lowest BCUT2D eigenvalue weighted by Gasteiger charge is -2.35. The van der Waals surface area contributed by atoms with Crippen LogP contribution >= 0.6 is 0 Å². The molecule has 2 aliphatic rings. The van der Waals surface area contributed by atoms with Gasteiger partial charge in [0, 0.05) is 62.0 Å². The second-order valence-electron chi connectivity index (χ2n) is 12.5. The molecule has 1 saturated heterocycles. The van der Waals surface area contributed by atoms with E-state index in [2.05, 4.69) is 48.9 Å². The summed E-state index contributed by atoms with van der Waals surface area (Å²) in [6.45, 7) is 17.4. The molecule has 0 N–H and O–H groups in total. The van der Waals surface area contributed by atoms with Crippen LogP contribution in [0.25, 0.3) is 10.9 Å². The van der Waals surface area contributed by atoms with E-state index in [0.29, 0.717) is 43.8 Å². The smallest absolute Gasteiger partial charge is 0.410 e. The first-order valence-electron chi connectivity index (χ1n) is 15.4. The van der Waals surface area contributed by atoms with Crippen LogP contribution in [-0.2, 0) is 11.3 Å². The number of nitrogens with zero attached hydrogens (tertiary/aromatic N) is 5. The molecule has 5 rings (SSSR count). The maximum absolute atomic E-state index is 13.1. The zero-order valence-corrected chi connectivity index (χ0v) is 26.7. The van der Waals surface area contributed by atoms with Crippen LogP contribution in [0.15, 0.2) is 48.7 Å². The summed E-state index contributed by atoms with van der Waals surface area (Å²) in [6, 6.07) is 16.9. The molecule has 2 amide bonds. The van der Waals surface area contributed by atoms with Gasteiger partial charge < -0.3 is 14.5 Å². The highest BCUT2D eigenvalue weighted by Gasteiger charge is 2.33. The van der Waals surface area contributed by atoms with Gasteiger partial charge in [0.1, 0.15) is 11.7 Å². The number of hydrogen-bond acceptors (Lipinski definition) is 6. The molecule has 2 aliphatic heterocycles. The van der Waals surface area contributed by atoms with Gasteiger partial charge in [0.05, 0.1) is 11.1 Å². The van der Waals surface area contributed by atoms with Gasteiger partial charge in [-0.3, -0.25) is 14.7 Å². The van der Waals surface area contributed by atoms with Crippen molar-refractivity contribution in [2.45, 2.75) is 85.5 Å². The zero-order chi connectivity index (χ0) is 31.3. The van der Waals surface area contributed by atoms with E-state index in [-0.39, 0.29) is 12.0 Å². The molecule has 0 saturated carbocycles. The lowest BCUT2D eigenvalue weighted by atomic mass is 9.99. The van der Waals surface area contributed by atoms with Crippen LogP contribution in [0.4, 0.5) is 4.79 Å². The van der Waals surface area contributed by atoms with Crippen molar-refractivity contribution < 1.29 is 14.3 Å². The van der Waals surface area contributed by atoms with Gasteiger partial charge >= 0.3 is 6.09 Å². The molecule has 0 spiro atoms. The minimum atomic E-state index is -0.506. The number of carbonyl (C=O) groups is 2. The summed E-state index contributed by atoms with van der Waals surface area (Å²) in [6.07, 6.45) is 3.61. The normalized spacial score (nSPS) is 17.5. The second kappa shape index (κ2) is 13.6. The molecule has 43 heavy (non-hydrogen) atoms. The number of nitriles is 1. The number of pyridine rings is 1. The van der Waals surface area contributed by atoms with E-state index in [4.69, 9.17) is 10.00 Å². The third-order valence-corrected chi connectivity index (χ3v) is 8.37. The molecule has 0 bridgehead atoms. The standard InChI is InChI=1S/C24H37N3O3.C11H8N2/c1-7-17(3)27-16-19-15-18(9-10-20(19)21(27)8-2)22(28)25-11-13-26(14-12-25)23(29)30-24(4,5)6;1-8-4-5-9(7-12)11-10(8)3-2-6-13-11/h9-10,15,17,21H,7-8,11-14,16H2,1-6H3;2-6H,1H3. The number of amides is 2. The molecule has 2 atom stereocenters. The van der Waals surface area contributed by atoms with Crippen LogP contribution in [0.5, 0.6) is 0 Å². The molecule has 3 aromatic rings. The molecular weight excluding hydrogens is 538 g/mol. The third kappa shape index (κ3) is 7.34. The van der Waals surface area contributed by atoms with E-state index in [1.54, 1.807) is 11.1 Å². The molecule has 1 fully saturated rings. The number of benzene rings is 2. The summed E-state index contributed by atoms with van der Waals surface area (Å²) < 4.78 is 5.45. The minimum Gasteiger partial charge on any atom is -0.444 e. The lowest BCUT2D eigenvalue weighted by Crippen LogP contribution is -2.51. The number of ether oxygens (including phenoxy) is 1. The highest BCUT2D eigenvalue weighted by Crippen LogP contribution is 2.38. The van der Waals surface area contributed by atoms with Gasteiger partial charge in [0.15, 0.2) is 0 Å². The Morgan fingerprint density at radius 3 is 2.40 bits per heavy atom. The van der Waals surface area contributed by atoms with Crippen LogP contribution in [-0.4, -0.2) is 69.5 Å². The summed E-state index contributed by atoms with van der Waals surface area (Å²) >= 11 is 0. The summed E-state index contributed by atoms with van der Waals surface area (Å²) in [5.41, 5.74) is 5.48. The Labute approximate surface area is 256 Å². The predicted octanol–water partition coefficient (Wildman–Crippen LogP) is 6.86. The van der Waals surface area contributed by atoms with E-state index >= 15 is 0 Å². The number of aryl methyl sites for hydroxylation is 1. The fraction of sp³-hybridized carbons (Fsp3) is 0.486. The van der Waals surface area contributed by atoms with E-state index in [0.717, 1.165) is 41.4 Å². The van der Waals surface area contributed by atoms with Crippen molar-refractivity contribution in [2.24, 2.45) is 0 Å². The molecule has 0 radical (unpaired) electrons. The largest absolute Gasteiger partial charge is 0.444 e. The topological polar surface area (TPSA) is 89.8 Å². The van der Waals surface area contributed by atoms with Crippen LogP contribution in [0, 0.1) is 18.3 Å². The third-order valence-electron chi connectivity index (χ3n) is 8.37. The summed E-state index contributed by atoms with van der Waals surface area (Å²) in [5.74, 6) is 0.0525. The Morgan fingerprint density at radius 1 is 1.07 bits per heavy atom. The number of aromatic nitrogens is 1. The second-order valence-corrected chi connectivity index (χ2v) is 12.5. The Kier molecular flexibility index (Phi) is 10.1. The highest BCUT2D eigenvalue weighted by molar-refractivity contribution is 5.94. The Bertz CT molecular complexity index is 1500. The average Bonchev–Trinajstić information content (AvgIpc) is 3.38. The van der Waals surface area contributed by atoms with Gasteiger partial charge in [0.25, 0.3) is 5.91 Å². The Balaban J connectivity index is 0.000000269. The molecule has 228 valence electrons. The SMILES string of the molecule is CCC(C)N1Cc2cc(C(=O)N3CCN(C(=O)OC(C)(C)C)CC3)ccc2C1CC.Cc1ccc(C#N)c2ncccc12. The van der Waals surface area contributed by atoms with E-state index in [1.165, 1.54) is 11.1 Å². The maximum Gasteiger partial charge on any atom is 0.410 e. The number of fused-ring (bicyclic) bond motifs is 2. The molecule has 2 unspecified atom stereocenters. The number of piperazine rings is 1. The predicted molar refractivity (Wildman–Crippen MR) is 170 cm³/mol. The molecular formula is C35H45N5O3. The Hall–Kier alpha value is -3.96. The minimum absolute atomic E-state index is 0.0525. The summed E-state index contributed by atoms with van der Waals surface area (Å²) in [4.78, 5) is 35.6. The molecule has 0 aliphatic carbocycles. The zero-order valence-electron chi connectivity index (χ0n) is 26.7. The Morgan fingerprint density at radius 2 is 1.77 bits per heavy atom. The van der Waals surface area contributed by atoms with Gasteiger partial charge in [-0.1, -0.05) is 32.0 Å². The molecule has 2 aromatic carbocycles. The average molecular weight is 584 g/mol. The summed E-state index contributed by atoms with van der Waals surface area (Å²) in [5, 5.41) is 9.89. The lowest BCUT2D eigenvalue weighted by molar-refractivity contribution is 0.0141. The van der Waals surface area contributed by atoms with Crippen LogP contribution in [0.1, 0.15) is 93.0 Å². The van der Waals surface area contributed by atoms with Crippen LogP contribution in [0.3, 0.4) is 0 Å². The fourth-order valence-corrected chi connectivity index (χ4v) is 5.84.